The van der Waals surface area contributed by atoms with Crippen LogP contribution in [0, 0.1) is 20.2 Å². The van der Waals surface area contributed by atoms with Crippen LogP contribution in [0.5, 0.6) is 5.75 Å². The van der Waals surface area contributed by atoms with Crippen LogP contribution in [0.15, 0.2) is 23.9 Å². The minimum atomic E-state index is -4.96. The average molecular weight is 290 g/mol. The zero-order valence-corrected chi connectivity index (χ0v) is 9.46. The summed E-state index contributed by atoms with van der Waals surface area (Å²) in [7, 11) is 0. The van der Waals surface area contributed by atoms with Crippen LogP contribution < -0.4 is 4.74 Å². The van der Waals surface area contributed by atoms with E-state index in [-0.39, 0.29) is 11.3 Å². The van der Waals surface area contributed by atoms with Crippen molar-refractivity contribution in [3.05, 3.63) is 49.7 Å². The Hall–Kier alpha value is -2.65. The van der Waals surface area contributed by atoms with Gasteiger partial charge in [0.15, 0.2) is 0 Å². The van der Waals surface area contributed by atoms with E-state index >= 15 is 0 Å². The smallest absolute Gasteiger partial charge is 0.436 e. The Morgan fingerprint density at radius 1 is 1.15 bits per heavy atom. The van der Waals surface area contributed by atoms with Crippen LogP contribution in [0.25, 0.3) is 6.08 Å². The summed E-state index contributed by atoms with van der Waals surface area (Å²) in [6.45, 7) is 0. The quantitative estimate of drug-likeness (QED) is 0.616. The molecule has 1 atom stereocenters. The number of nitro groups is 2. The highest BCUT2D eigenvalue weighted by Crippen LogP contribution is 2.38. The largest absolute Gasteiger partial charge is 0.469 e. The van der Waals surface area contributed by atoms with E-state index in [2.05, 4.69) is 4.74 Å². The number of halogens is 3. The van der Waals surface area contributed by atoms with Crippen LogP contribution in [0.1, 0.15) is 5.56 Å². The Morgan fingerprint density at radius 3 is 2.30 bits per heavy atom. The summed E-state index contributed by atoms with van der Waals surface area (Å²) in [6, 6.07) is 2.84. The molecule has 7 nitrogen and oxygen atoms in total. The fraction of sp³-hybridized carbons (Fsp3) is 0.200. The molecule has 0 spiro atoms. The molecule has 10 heteroatoms. The van der Waals surface area contributed by atoms with Crippen LogP contribution in [-0.2, 0) is 0 Å². The fourth-order valence-corrected chi connectivity index (χ4v) is 1.67. The van der Waals surface area contributed by atoms with Gasteiger partial charge in [-0.1, -0.05) is 0 Å². The van der Waals surface area contributed by atoms with Crippen molar-refractivity contribution in [1.29, 1.82) is 0 Å². The molecule has 0 aliphatic carbocycles. The lowest BCUT2D eigenvalue weighted by Crippen LogP contribution is -2.40. The van der Waals surface area contributed by atoms with E-state index in [0.29, 0.717) is 6.08 Å². The van der Waals surface area contributed by atoms with Gasteiger partial charge >= 0.3 is 6.18 Å². The van der Waals surface area contributed by atoms with Gasteiger partial charge in [-0.05, 0) is 6.07 Å². The number of benzene rings is 1. The molecule has 0 aromatic heterocycles. The van der Waals surface area contributed by atoms with Crippen molar-refractivity contribution < 1.29 is 27.8 Å². The number of alkyl halides is 3. The molecule has 2 rings (SSSR count). The van der Waals surface area contributed by atoms with Crippen molar-refractivity contribution in [2.45, 2.75) is 12.3 Å². The van der Waals surface area contributed by atoms with Gasteiger partial charge in [0.1, 0.15) is 5.75 Å². The summed E-state index contributed by atoms with van der Waals surface area (Å²) in [4.78, 5) is 19.2. The topological polar surface area (TPSA) is 95.5 Å². The van der Waals surface area contributed by atoms with Gasteiger partial charge in [0, 0.05) is 23.8 Å². The zero-order valence-electron chi connectivity index (χ0n) is 9.46. The second-order valence-corrected chi connectivity index (χ2v) is 3.85. The van der Waals surface area contributed by atoms with Gasteiger partial charge in [0.05, 0.1) is 9.85 Å². The number of hydrogen-bond acceptors (Lipinski definition) is 5. The normalized spacial score (nSPS) is 17.8. The second kappa shape index (κ2) is 4.47. The van der Waals surface area contributed by atoms with Gasteiger partial charge in [0.25, 0.3) is 17.5 Å². The van der Waals surface area contributed by atoms with E-state index < -0.39 is 33.5 Å². The summed E-state index contributed by atoms with van der Waals surface area (Å²) < 4.78 is 42.6. The van der Waals surface area contributed by atoms with E-state index in [1.54, 1.807) is 0 Å². The number of hydrogen-bond donors (Lipinski definition) is 0. The minimum absolute atomic E-state index is 0.147. The number of fused-ring (bicyclic) bond motifs is 1. The maximum atomic E-state index is 12.7. The first-order valence-electron chi connectivity index (χ1n) is 5.08. The predicted octanol–water partition coefficient (Wildman–Crippen LogP) is 2.54. The Bertz CT molecular complexity index is 626. The van der Waals surface area contributed by atoms with E-state index in [1.165, 1.54) is 0 Å². The molecule has 0 saturated carbocycles. The molecule has 1 aromatic rings. The lowest BCUT2D eigenvalue weighted by atomic mass is 10.1. The van der Waals surface area contributed by atoms with Crippen LogP contribution in [-0.4, -0.2) is 22.1 Å². The molecule has 1 heterocycles. The molecule has 1 aliphatic heterocycles. The van der Waals surface area contributed by atoms with Crippen LogP contribution in [0.4, 0.5) is 18.9 Å². The van der Waals surface area contributed by atoms with Gasteiger partial charge in [-0.15, -0.1) is 0 Å². The molecule has 0 fully saturated rings. The number of ether oxygens (including phenoxy) is 1. The summed E-state index contributed by atoms with van der Waals surface area (Å²) in [5.41, 5.74) is -1.77. The van der Waals surface area contributed by atoms with Crippen molar-refractivity contribution in [2.75, 3.05) is 0 Å². The highest BCUT2D eigenvalue weighted by molar-refractivity contribution is 5.64. The van der Waals surface area contributed by atoms with E-state index in [1.807, 2.05) is 0 Å². The maximum Gasteiger partial charge on any atom is 0.436 e. The molecule has 0 N–H and O–H groups in total. The molecule has 1 aromatic carbocycles. The molecule has 0 unspecified atom stereocenters. The number of nitrogens with zero attached hydrogens (tertiary/aromatic N) is 2. The Labute approximate surface area is 108 Å². The summed E-state index contributed by atoms with van der Waals surface area (Å²) in [5.74, 6) is -0.302. The zero-order chi connectivity index (χ0) is 15.1. The second-order valence-electron chi connectivity index (χ2n) is 3.85. The summed E-state index contributed by atoms with van der Waals surface area (Å²) in [6.07, 6.45) is -7.03. The molecular weight excluding hydrogens is 285 g/mol. The lowest BCUT2D eigenvalue weighted by molar-refractivity contribution is -0.443. The van der Waals surface area contributed by atoms with E-state index in [0.717, 1.165) is 18.2 Å². The van der Waals surface area contributed by atoms with Crippen LogP contribution >= 0.6 is 0 Å². The highest BCUT2D eigenvalue weighted by atomic mass is 19.4. The molecular formula is C10H5F3N2O5. The van der Waals surface area contributed by atoms with Crippen molar-refractivity contribution in [1.82, 2.24) is 0 Å². The van der Waals surface area contributed by atoms with Crippen molar-refractivity contribution in [3.8, 4) is 5.75 Å². The third kappa shape index (κ3) is 2.39. The maximum absolute atomic E-state index is 12.7. The van der Waals surface area contributed by atoms with Crippen molar-refractivity contribution in [2.24, 2.45) is 0 Å². The van der Waals surface area contributed by atoms with Crippen molar-refractivity contribution in [3.63, 3.8) is 0 Å². The standard InChI is InChI=1S/C10H5F3N2O5/c11-10(12,13)9-7(15(18)19)4-5-3-6(14(16)17)1-2-8(5)20-9/h1-4,9H/t9-/m1/s1. The van der Waals surface area contributed by atoms with Gasteiger partial charge in [0.2, 0.25) is 0 Å². The molecule has 0 bridgehead atoms. The SMILES string of the molecule is O=[N+]([O-])C1=Cc2cc([N+](=O)[O-])ccc2O[C@H]1C(F)(F)F. The lowest BCUT2D eigenvalue weighted by Gasteiger charge is -2.23. The summed E-state index contributed by atoms with van der Waals surface area (Å²) >= 11 is 0. The highest BCUT2D eigenvalue weighted by Gasteiger charge is 2.52. The average Bonchev–Trinajstić information content (AvgIpc) is 2.35. The Balaban J connectivity index is 2.54. The monoisotopic (exact) mass is 290 g/mol. The Kier molecular flexibility index (Phi) is 3.08. The fourth-order valence-electron chi connectivity index (χ4n) is 1.67. The molecule has 0 saturated heterocycles. The third-order valence-electron chi connectivity index (χ3n) is 2.53. The van der Waals surface area contributed by atoms with Crippen LogP contribution in [0.3, 0.4) is 0 Å². The molecule has 0 radical (unpaired) electrons. The number of nitro benzene ring substituents is 1. The number of rotatable bonds is 2. The molecule has 20 heavy (non-hydrogen) atoms. The first-order chi connectivity index (χ1) is 9.20. The van der Waals surface area contributed by atoms with E-state index in [4.69, 9.17) is 0 Å². The van der Waals surface area contributed by atoms with E-state index in [9.17, 15) is 33.4 Å². The van der Waals surface area contributed by atoms with Gasteiger partial charge < -0.3 is 4.74 Å². The van der Waals surface area contributed by atoms with Gasteiger partial charge in [-0.25, -0.2) is 0 Å². The first-order valence-corrected chi connectivity index (χ1v) is 5.08. The third-order valence-corrected chi connectivity index (χ3v) is 2.53. The summed E-state index contributed by atoms with van der Waals surface area (Å²) in [5, 5.41) is 21.2. The van der Waals surface area contributed by atoms with Gasteiger partial charge in [-0.3, -0.25) is 20.2 Å². The Morgan fingerprint density at radius 2 is 1.80 bits per heavy atom. The van der Waals surface area contributed by atoms with Crippen LogP contribution in [0.2, 0.25) is 0 Å². The van der Waals surface area contributed by atoms with Gasteiger partial charge in [-0.2, -0.15) is 13.2 Å². The molecule has 106 valence electrons. The van der Waals surface area contributed by atoms with Crippen molar-refractivity contribution >= 4 is 11.8 Å². The minimum Gasteiger partial charge on any atom is -0.469 e. The predicted molar refractivity (Wildman–Crippen MR) is 58.5 cm³/mol. The first kappa shape index (κ1) is 13.8. The number of non-ortho nitro benzene ring substituents is 1. The molecule has 1 aliphatic rings. The molecule has 0 amide bonds.